The maximum Gasteiger partial charge on any atom is 0.213 e. The first-order chi connectivity index (χ1) is 10.0. The van der Waals surface area contributed by atoms with Crippen molar-refractivity contribution < 1.29 is 8.42 Å². The third kappa shape index (κ3) is 4.66. The summed E-state index contributed by atoms with van der Waals surface area (Å²) in [6.07, 6.45) is 4.22. The molecule has 1 saturated heterocycles. The molecule has 4 nitrogen and oxygen atoms in total. The summed E-state index contributed by atoms with van der Waals surface area (Å²) >= 11 is 0. The first-order valence-electron chi connectivity index (χ1n) is 7.30. The summed E-state index contributed by atoms with van der Waals surface area (Å²) in [7, 11) is -3.03. The SMILES string of the molecule is [CH2]c1ccc(C=CCN2CCN(S(=O)(=O)CC)CC2)cc1. The van der Waals surface area contributed by atoms with Crippen molar-refractivity contribution in [2.45, 2.75) is 6.92 Å². The van der Waals surface area contributed by atoms with Gasteiger partial charge in [0.25, 0.3) is 0 Å². The van der Waals surface area contributed by atoms with Crippen LogP contribution in [0.4, 0.5) is 0 Å². The molecule has 0 unspecified atom stereocenters. The molecule has 1 aromatic carbocycles. The zero-order chi connectivity index (χ0) is 15.3. The van der Waals surface area contributed by atoms with E-state index in [-0.39, 0.29) is 5.75 Å². The topological polar surface area (TPSA) is 40.6 Å². The number of hydrogen-bond donors (Lipinski definition) is 0. The predicted octanol–water partition coefficient (Wildman–Crippen LogP) is 1.85. The van der Waals surface area contributed by atoms with Gasteiger partial charge in [-0.15, -0.1) is 0 Å². The van der Waals surface area contributed by atoms with Gasteiger partial charge < -0.3 is 0 Å². The zero-order valence-electron chi connectivity index (χ0n) is 12.5. The lowest BCUT2D eigenvalue weighted by Crippen LogP contribution is -2.48. The highest BCUT2D eigenvalue weighted by atomic mass is 32.2. The normalized spacial score (nSPS) is 18.4. The molecular formula is C16H23N2O2S. The van der Waals surface area contributed by atoms with Crippen LogP contribution < -0.4 is 0 Å². The molecule has 0 amide bonds. The van der Waals surface area contributed by atoms with E-state index in [1.807, 2.05) is 24.3 Å². The molecule has 21 heavy (non-hydrogen) atoms. The van der Waals surface area contributed by atoms with Gasteiger partial charge in [0.1, 0.15) is 0 Å². The number of rotatable bonds is 5. The summed E-state index contributed by atoms with van der Waals surface area (Å²) in [6, 6.07) is 8.08. The Morgan fingerprint density at radius 2 is 1.76 bits per heavy atom. The molecule has 0 aliphatic carbocycles. The van der Waals surface area contributed by atoms with Gasteiger partial charge in [0.2, 0.25) is 10.0 Å². The summed E-state index contributed by atoms with van der Waals surface area (Å²) in [6.45, 7) is 9.19. The molecular weight excluding hydrogens is 284 g/mol. The summed E-state index contributed by atoms with van der Waals surface area (Å²) in [5.74, 6) is 0.190. The molecule has 0 bridgehead atoms. The minimum atomic E-state index is -3.03. The predicted molar refractivity (Wildman–Crippen MR) is 87.4 cm³/mol. The van der Waals surface area contributed by atoms with Crippen molar-refractivity contribution in [3.8, 4) is 0 Å². The van der Waals surface area contributed by atoms with Gasteiger partial charge in [0.15, 0.2) is 0 Å². The van der Waals surface area contributed by atoms with Gasteiger partial charge in [-0.3, -0.25) is 4.90 Å². The van der Waals surface area contributed by atoms with Crippen molar-refractivity contribution >= 4 is 16.1 Å². The van der Waals surface area contributed by atoms with Crippen LogP contribution in [-0.2, 0) is 10.0 Å². The molecule has 115 valence electrons. The molecule has 2 rings (SSSR count). The molecule has 5 heteroatoms. The van der Waals surface area contributed by atoms with Crippen LogP contribution in [-0.4, -0.2) is 56.1 Å². The van der Waals surface area contributed by atoms with Crippen molar-refractivity contribution in [3.05, 3.63) is 48.4 Å². The number of nitrogens with zero attached hydrogens (tertiary/aromatic N) is 2. The van der Waals surface area contributed by atoms with Crippen LogP contribution in [0.25, 0.3) is 6.08 Å². The zero-order valence-corrected chi connectivity index (χ0v) is 13.3. The Morgan fingerprint density at radius 3 is 2.33 bits per heavy atom. The quantitative estimate of drug-likeness (QED) is 0.833. The minimum absolute atomic E-state index is 0.190. The molecule has 0 saturated carbocycles. The van der Waals surface area contributed by atoms with Gasteiger partial charge in [-0.1, -0.05) is 36.4 Å². The molecule has 1 radical (unpaired) electrons. The maximum atomic E-state index is 11.8. The van der Waals surface area contributed by atoms with Crippen LogP contribution in [0.2, 0.25) is 0 Å². The third-order valence-electron chi connectivity index (χ3n) is 3.74. The molecule has 0 spiro atoms. The standard InChI is InChI=1S/C16H23N2O2S/c1-3-21(19,20)18-13-11-17(12-14-18)10-4-5-16-8-6-15(2)7-9-16/h4-9H,2-3,10-14H2,1H3. The first kappa shape index (κ1) is 16.2. The van der Waals surface area contributed by atoms with Crippen molar-refractivity contribution in [2.24, 2.45) is 0 Å². The number of piperazine rings is 1. The number of hydrogen-bond acceptors (Lipinski definition) is 3. The van der Waals surface area contributed by atoms with Gasteiger partial charge in [0, 0.05) is 32.7 Å². The molecule has 0 atom stereocenters. The molecule has 1 aliphatic heterocycles. The summed E-state index contributed by atoms with van der Waals surface area (Å²) in [5.41, 5.74) is 2.18. The summed E-state index contributed by atoms with van der Waals surface area (Å²) < 4.78 is 25.1. The Hall–Kier alpha value is -1.17. The smallest absolute Gasteiger partial charge is 0.213 e. The average molecular weight is 307 g/mol. The lowest BCUT2D eigenvalue weighted by atomic mass is 10.1. The van der Waals surface area contributed by atoms with Crippen molar-refractivity contribution in [2.75, 3.05) is 38.5 Å². The molecule has 1 aromatic rings. The Labute approximate surface area is 128 Å². The first-order valence-corrected chi connectivity index (χ1v) is 8.91. The van der Waals surface area contributed by atoms with Crippen LogP contribution in [0, 0.1) is 6.92 Å². The molecule has 1 fully saturated rings. The third-order valence-corrected chi connectivity index (χ3v) is 5.62. The van der Waals surface area contributed by atoms with E-state index in [0.29, 0.717) is 13.1 Å². The van der Waals surface area contributed by atoms with E-state index in [1.165, 1.54) is 0 Å². The fourth-order valence-corrected chi connectivity index (χ4v) is 3.42. The Balaban J connectivity index is 1.80. The molecule has 1 aliphatic rings. The van der Waals surface area contributed by atoms with Crippen molar-refractivity contribution in [1.82, 2.24) is 9.21 Å². The van der Waals surface area contributed by atoms with Crippen LogP contribution in [0.3, 0.4) is 0 Å². The lowest BCUT2D eigenvalue weighted by molar-refractivity contribution is 0.205. The Kier molecular flexibility index (Phi) is 5.56. The summed E-state index contributed by atoms with van der Waals surface area (Å²) in [5, 5.41) is 0. The van der Waals surface area contributed by atoms with E-state index in [9.17, 15) is 8.42 Å². The molecule has 0 N–H and O–H groups in total. The van der Waals surface area contributed by atoms with Crippen LogP contribution in [0.15, 0.2) is 30.3 Å². The highest BCUT2D eigenvalue weighted by Gasteiger charge is 2.24. The van der Waals surface area contributed by atoms with E-state index in [2.05, 4.69) is 24.0 Å². The Bertz CT molecular complexity index is 571. The number of benzene rings is 1. The minimum Gasteiger partial charge on any atom is -0.297 e. The van der Waals surface area contributed by atoms with Gasteiger partial charge in [-0.2, -0.15) is 4.31 Å². The average Bonchev–Trinajstić information content (AvgIpc) is 2.50. The fraction of sp³-hybridized carbons (Fsp3) is 0.438. The van der Waals surface area contributed by atoms with E-state index in [0.717, 1.165) is 30.8 Å². The second-order valence-electron chi connectivity index (χ2n) is 5.24. The Morgan fingerprint density at radius 1 is 1.14 bits per heavy atom. The monoisotopic (exact) mass is 307 g/mol. The van der Waals surface area contributed by atoms with Gasteiger partial charge in [0.05, 0.1) is 5.75 Å². The van der Waals surface area contributed by atoms with Gasteiger partial charge in [-0.25, -0.2) is 8.42 Å². The van der Waals surface area contributed by atoms with E-state index in [1.54, 1.807) is 11.2 Å². The second kappa shape index (κ2) is 7.20. The molecule has 0 aromatic heterocycles. The second-order valence-corrected chi connectivity index (χ2v) is 7.50. The largest absolute Gasteiger partial charge is 0.297 e. The maximum absolute atomic E-state index is 11.8. The van der Waals surface area contributed by atoms with Crippen LogP contribution >= 0.6 is 0 Å². The van der Waals surface area contributed by atoms with Crippen molar-refractivity contribution in [1.29, 1.82) is 0 Å². The highest BCUT2D eigenvalue weighted by molar-refractivity contribution is 7.89. The fourth-order valence-electron chi connectivity index (χ4n) is 2.34. The van der Waals surface area contributed by atoms with Gasteiger partial charge in [-0.05, 0) is 25.0 Å². The van der Waals surface area contributed by atoms with Crippen LogP contribution in [0.5, 0.6) is 0 Å². The number of sulfonamides is 1. The van der Waals surface area contributed by atoms with E-state index < -0.39 is 10.0 Å². The van der Waals surface area contributed by atoms with Crippen LogP contribution in [0.1, 0.15) is 18.1 Å². The lowest BCUT2D eigenvalue weighted by Gasteiger charge is -2.33. The van der Waals surface area contributed by atoms with E-state index >= 15 is 0 Å². The van der Waals surface area contributed by atoms with Gasteiger partial charge >= 0.3 is 0 Å². The summed E-state index contributed by atoms with van der Waals surface area (Å²) in [4.78, 5) is 2.27. The highest BCUT2D eigenvalue weighted by Crippen LogP contribution is 2.09. The van der Waals surface area contributed by atoms with Crippen molar-refractivity contribution in [3.63, 3.8) is 0 Å². The molecule has 1 heterocycles. The van der Waals surface area contributed by atoms with E-state index in [4.69, 9.17) is 0 Å².